The quantitative estimate of drug-likeness (QED) is 0.795. The van der Waals surface area contributed by atoms with Crippen LogP contribution in [0.5, 0.6) is 0 Å². The van der Waals surface area contributed by atoms with E-state index >= 15 is 0 Å². The summed E-state index contributed by atoms with van der Waals surface area (Å²) in [6.45, 7) is 8.57. The number of urea groups is 1. The number of benzene rings is 1. The molecule has 0 saturated carbocycles. The van der Waals surface area contributed by atoms with Gasteiger partial charge in [0.15, 0.2) is 0 Å². The lowest BCUT2D eigenvalue weighted by Gasteiger charge is -2.34. The van der Waals surface area contributed by atoms with E-state index in [1.54, 1.807) is 19.3 Å². The van der Waals surface area contributed by atoms with E-state index < -0.39 is 0 Å². The van der Waals surface area contributed by atoms with Crippen LogP contribution < -0.4 is 16.2 Å². The highest BCUT2D eigenvalue weighted by molar-refractivity contribution is 6.00. The second-order valence-corrected chi connectivity index (χ2v) is 7.94. The number of nitrogens with one attached hydrogen (secondary N) is 2. The Bertz CT molecular complexity index is 851. The van der Waals surface area contributed by atoms with Crippen molar-refractivity contribution in [1.82, 2.24) is 14.8 Å². The third-order valence-corrected chi connectivity index (χ3v) is 5.22. The average Bonchev–Trinajstić information content (AvgIpc) is 2.62. The van der Waals surface area contributed by atoms with E-state index in [9.17, 15) is 9.59 Å². The molecule has 1 fully saturated rings. The molecule has 1 aromatic carbocycles. The standard InChI is InChI=1S/C21H30N4O2/c1-15-11-16(2)13-25(12-15)10-6-9-22-21(27)23-19-14-24(3)20(26)18-8-5-4-7-17(18)19/h4-5,7-8,14-16H,6,9-13H2,1-3H3,(H2,22,23,27)/t15-,16-/m1/s1. The molecule has 2 aromatic rings. The number of aryl methyl sites for hydroxylation is 1. The van der Waals surface area contributed by atoms with Gasteiger partial charge in [0, 0.05) is 43.7 Å². The average molecular weight is 370 g/mol. The van der Waals surface area contributed by atoms with Gasteiger partial charge < -0.3 is 20.1 Å². The first-order valence-electron chi connectivity index (χ1n) is 9.79. The maximum Gasteiger partial charge on any atom is 0.319 e. The van der Waals surface area contributed by atoms with Crippen LogP contribution in [0.25, 0.3) is 10.8 Å². The molecule has 6 heteroatoms. The van der Waals surface area contributed by atoms with E-state index in [1.807, 2.05) is 18.2 Å². The van der Waals surface area contributed by atoms with Gasteiger partial charge in [-0.05, 0) is 37.3 Å². The Morgan fingerprint density at radius 2 is 1.81 bits per heavy atom. The summed E-state index contributed by atoms with van der Waals surface area (Å²) in [6.07, 6.45) is 3.91. The van der Waals surface area contributed by atoms with Crippen molar-refractivity contribution in [2.24, 2.45) is 18.9 Å². The number of fused-ring (bicyclic) bond motifs is 1. The van der Waals surface area contributed by atoms with Crippen LogP contribution in [0.1, 0.15) is 26.7 Å². The molecule has 0 spiro atoms. The second kappa shape index (κ2) is 8.57. The molecule has 1 saturated heterocycles. The molecule has 3 rings (SSSR count). The van der Waals surface area contributed by atoms with Crippen LogP contribution in [-0.4, -0.2) is 41.7 Å². The van der Waals surface area contributed by atoms with Crippen molar-refractivity contribution in [3.63, 3.8) is 0 Å². The summed E-state index contributed by atoms with van der Waals surface area (Å²) in [5, 5.41) is 7.17. The molecule has 0 bridgehead atoms. The molecule has 0 radical (unpaired) electrons. The van der Waals surface area contributed by atoms with Crippen molar-refractivity contribution in [3.8, 4) is 0 Å². The number of hydrogen-bond donors (Lipinski definition) is 2. The van der Waals surface area contributed by atoms with Crippen molar-refractivity contribution in [3.05, 3.63) is 40.8 Å². The van der Waals surface area contributed by atoms with Gasteiger partial charge in [0.05, 0.1) is 5.69 Å². The van der Waals surface area contributed by atoms with Crippen LogP contribution in [0, 0.1) is 11.8 Å². The molecule has 2 N–H and O–H groups in total. The Morgan fingerprint density at radius 1 is 1.15 bits per heavy atom. The van der Waals surface area contributed by atoms with E-state index in [0.29, 0.717) is 17.6 Å². The fourth-order valence-electron chi connectivity index (χ4n) is 4.16. The van der Waals surface area contributed by atoms with Gasteiger partial charge in [0.1, 0.15) is 0 Å². The Labute approximate surface area is 160 Å². The predicted molar refractivity (Wildman–Crippen MR) is 110 cm³/mol. The van der Waals surface area contributed by atoms with Crippen LogP contribution in [0.3, 0.4) is 0 Å². The third-order valence-electron chi connectivity index (χ3n) is 5.22. The van der Waals surface area contributed by atoms with Gasteiger partial charge in [-0.1, -0.05) is 32.0 Å². The summed E-state index contributed by atoms with van der Waals surface area (Å²) in [5.74, 6) is 1.51. The summed E-state index contributed by atoms with van der Waals surface area (Å²) < 4.78 is 1.50. The minimum atomic E-state index is -0.237. The maximum atomic E-state index is 12.3. The summed E-state index contributed by atoms with van der Waals surface area (Å²) in [4.78, 5) is 27.0. The normalized spacial score (nSPS) is 20.6. The molecular formula is C21H30N4O2. The number of carbonyl (C=O) groups is 1. The first kappa shape index (κ1) is 19.4. The highest BCUT2D eigenvalue weighted by Gasteiger charge is 2.21. The van der Waals surface area contributed by atoms with Crippen LogP contribution in [0.15, 0.2) is 35.3 Å². The largest absolute Gasteiger partial charge is 0.338 e. The monoisotopic (exact) mass is 370 g/mol. The second-order valence-electron chi connectivity index (χ2n) is 7.94. The SMILES string of the molecule is C[C@@H]1C[C@@H](C)CN(CCCNC(=O)Nc2cn(C)c(=O)c3ccccc23)C1. The molecule has 1 aliphatic rings. The maximum absolute atomic E-state index is 12.3. The fraction of sp³-hybridized carbons (Fsp3) is 0.524. The number of amides is 2. The summed E-state index contributed by atoms with van der Waals surface area (Å²) in [5.41, 5.74) is 0.574. The molecule has 146 valence electrons. The van der Waals surface area contributed by atoms with Crippen LogP contribution >= 0.6 is 0 Å². The fourth-order valence-corrected chi connectivity index (χ4v) is 4.16. The Kier molecular flexibility index (Phi) is 6.16. The lowest BCUT2D eigenvalue weighted by molar-refractivity contribution is 0.140. The van der Waals surface area contributed by atoms with Gasteiger partial charge in [0.2, 0.25) is 0 Å². The number of piperidine rings is 1. The first-order chi connectivity index (χ1) is 12.9. The van der Waals surface area contributed by atoms with Crippen LogP contribution in [0.4, 0.5) is 10.5 Å². The summed E-state index contributed by atoms with van der Waals surface area (Å²) in [6, 6.07) is 7.09. The Hall–Kier alpha value is -2.34. The highest BCUT2D eigenvalue weighted by Crippen LogP contribution is 2.21. The lowest BCUT2D eigenvalue weighted by atomic mass is 9.92. The van der Waals surface area contributed by atoms with E-state index in [-0.39, 0.29) is 11.6 Å². The van der Waals surface area contributed by atoms with Crippen molar-refractivity contribution in [1.29, 1.82) is 0 Å². The lowest BCUT2D eigenvalue weighted by Crippen LogP contribution is -2.40. The Balaban J connectivity index is 1.52. The van der Waals surface area contributed by atoms with E-state index in [4.69, 9.17) is 0 Å². The van der Waals surface area contributed by atoms with Crippen molar-refractivity contribution in [2.45, 2.75) is 26.7 Å². The van der Waals surface area contributed by atoms with Gasteiger partial charge in [-0.25, -0.2) is 4.79 Å². The molecule has 2 atom stereocenters. The van der Waals surface area contributed by atoms with Crippen molar-refractivity contribution in [2.75, 3.05) is 31.5 Å². The van der Waals surface area contributed by atoms with E-state index in [0.717, 1.165) is 43.3 Å². The molecule has 1 aromatic heterocycles. The smallest absolute Gasteiger partial charge is 0.319 e. The first-order valence-corrected chi connectivity index (χ1v) is 9.79. The number of likely N-dealkylation sites (tertiary alicyclic amines) is 1. The summed E-state index contributed by atoms with van der Waals surface area (Å²) >= 11 is 0. The van der Waals surface area contributed by atoms with Crippen molar-refractivity contribution >= 4 is 22.5 Å². The zero-order valence-electron chi connectivity index (χ0n) is 16.5. The zero-order valence-corrected chi connectivity index (χ0v) is 16.5. The number of hydrogen-bond acceptors (Lipinski definition) is 3. The van der Waals surface area contributed by atoms with Gasteiger partial charge in [0.25, 0.3) is 5.56 Å². The van der Waals surface area contributed by atoms with E-state index in [2.05, 4.69) is 29.4 Å². The van der Waals surface area contributed by atoms with Gasteiger partial charge in [-0.2, -0.15) is 0 Å². The summed E-state index contributed by atoms with van der Waals surface area (Å²) in [7, 11) is 1.69. The van der Waals surface area contributed by atoms with Gasteiger partial charge in [-0.15, -0.1) is 0 Å². The molecule has 6 nitrogen and oxygen atoms in total. The topological polar surface area (TPSA) is 66.4 Å². The number of anilines is 1. The number of nitrogens with zero attached hydrogens (tertiary/aromatic N) is 2. The molecule has 0 unspecified atom stereocenters. The predicted octanol–water partition coefficient (Wildman–Crippen LogP) is 3.03. The van der Waals surface area contributed by atoms with Crippen LogP contribution in [0.2, 0.25) is 0 Å². The molecule has 2 amide bonds. The number of rotatable bonds is 5. The van der Waals surface area contributed by atoms with Gasteiger partial charge >= 0.3 is 6.03 Å². The Morgan fingerprint density at radius 3 is 2.52 bits per heavy atom. The molecule has 0 aliphatic carbocycles. The third kappa shape index (κ3) is 4.89. The number of carbonyl (C=O) groups excluding carboxylic acids is 1. The molecule has 27 heavy (non-hydrogen) atoms. The number of aromatic nitrogens is 1. The van der Waals surface area contributed by atoms with E-state index in [1.165, 1.54) is 11.0 Å². The minimum Gasteiger partial charge on any atom is -0.338 e. The zero-order chi connectivity index (χ0) is 19.4. The minimum absolute atomic E-state index is 0.0680. The molecule has 1 aliphatic heterocycles. The highest BCUT2D eigenvalue weighted by atomic mass is 16.2. The molecular weight excluding hydrogens is 340 g/mol. The van der Waals surface area contributed by atoms with Crippen molar-refractivity contribution < 1.29 is 4.79 Å². The van der Waals surface area contributed by atoms with Gasteiger partial charge in [-0.3, -0.25) is 4.79 Å². The van der Waals surface area contributed by atoms with Crippen LogP contribution in [-0.2, 0) is 7.05 Å². The molecule has 2 heterocycles. The number of pyridine rings is 1.